The summed E-state index contributed by atoms with van der Waals surface area (Å²) in [5.41, 5.74) is 0.972. The summed E-state index contributed by atoms with van der Waals surface area (Å²) < 4.78 is 16.3. The lowest BCUT2D eigenvalue weighted by Crippen LogP contribution is -2.25. The highest BCUT2D eigenvalue weighted by molar-refractivity contribution is 7.15. The Labute approximate surface area is 147 Å². The van der Waals surface area contributed by atoms with Gasteiger partial charge in [0.05, 0.1) is 26.2 Å². The minimum Gasteiger partial charge on any atom is -0.496 e. The van der Waals surface area contributed by atoms with Gasteiger partial charge in [-0.2, -0.15) is 0 Å². The van der Waals surface area contributed by atoms with Gasteiger partial charge in [-0.05, 0) is 18.9 Å². The molecule has 5 nitrogen and oxygen atoms in total. The van der Waals surface area contributed by atoms with E-state index >= 15 is 0 Å². The van der Waals surface area contributed by atoms with E-state index in [1.54, 1.807) is 32.7 Å². The van der Waals surface area contributed by atoms with Crippen LogP contribution in [-0.4, -0.2) is 32.4 Å². The third kappa shape index (κ3) is 3.65. The summed E-state index contributed by atoms with van der Waals surface area (Å²) in [5, 5.41) is 4.70. The number of thiazole rings is 1. The summed E-state index contributed by atoms with van der Waals surface area (Å²) in [5.74, 6) is 2.10. The fourth-order valence-corrected chi connectivity index (χ4v) is 3.99. The first-order valence-electron chi connectivity index (χ1n) is 8.23. The summed E-state index contributed by atoms with van der Waals surface area (Å²) in [6.45, 7) is 0.824. The van der Waals surface area contributed by atoms with Gasteiger partial charge in [0.1, 0.15) is 10.8 Å². The van der Waals surface area contributed by atoms with Crippen LogP contribution in [-0.2, 0) is 6.54 Å². The molecule has 130 valence electrons. The van der Waals surface area contributed by atoms with Crippen LogP contribution in [0.25, 0.3) is 10.4 Å². The second-order valence-electron chi connectivity index (χ2n) is 5.89. The summed E-state index contributed by atoms with van der Waals surface area (Å²) in [6.07, 6.45) is 7.14. The number of hydrogen-bond acceptors (Lipinski definition) is 6. The van der Waals surface area contributed by atoms with Crippen LogP contribution in [0.5, 0.6) is 17.2 Å². The van der Waals surface area contributed by atoms with Gasteiger partial charge in [0.2, 0.25) is 0 Å². The molecule has 1 aromatic carbocycles. The van der Waals surface area contributed by atoms with Gasteiger partial charge in [0.15, 0.2) is 11.5 Å². The zero-order chi connectivity index (χ0) is 16.9. The Balaban J connectivity index is 1.80. The van der Waals surface area contributed by atoms with E-state index in [1.807, 2.05) is 18.3 Å². The molecule has 1 aromatic heterocycles. The van der Waals surface area contributed by atoms with Gasteiger partial charge in [0.25, 0.3) is 0 Å². The molecule has 2 aromatic rings. The number of methoxy groups -OCH3 is 3. The van der Waals surface area contributed by atoms with E-state index in [2.05, 4.69) is 10.3 Å². The molecule has 3 rings (SSSR count). The lowest BCUT2D eigenvalue weighted by Gasteiger charge is -2.13. The zero-order valence-electron chi connectivity index (χ0n) is 14.4. The molecule has 0 radical (unpaired) electrons. The molecule has 0 amide bonds. The summed E-state index contributed by atoms with van der Waals surface area (Å²) in [4.78, 5) is 5.62. The first kappa shape index (κ1) is 17.0. The molecule has 1 aliphatic rings. The lowest BCUT2D eigenvalue weighted by molar-refractivity contribution is 0.349. The number of nitrogens with zero attached hydrogens (tertiary/aromatic N) is 1. The normalized spacial score (nSPS) is 14.8. The number of nitrogens with one attached hydrogen (secondary N) is 1. The standard InChI is InChI=1S/C18H24N2O3S/c1-21-14-9-16(23-3)15(22-2)8-13(14)17-10-20-18(24-17)11-19-12-6-4-5-7-12/h8-10,12,19H,4-7,11H2,1-3H3. The third-order valence-electron chi connectivity index (χ3n) is 4.42. The third-order valence-corrected chi connectivity index (χ3v) is 5.45. The second kappa shape index (κ2) is 7.85. The topological polar surface area (TPSA) is 52.6 Å². The van der Waals surface area contributed by atoms with E-state index in [0.717, 1.165) is 27.7 Å². The Morgan fingerprint density at radius 2 is 1.71 bits per heavy atom. The van der Waals surface area contributed by atoms with Crippen molar-refractivity contribution < 1.29 is 14.2 Å². The number of aromatic nitrogens is 1. The van der Waals surface area contributed by atoms with Gasteiger partial charge in [-0.15, -0.1) is 11.3 Å². The Kier molecular flexibility index (Phi) is 5.58. The molecule has 0 spiro atoms. The first-order chi connectivity index (χ1) is 11.7. The van der Waals surface area contributed by atoms with Crippen LogP contribution in [0, 0.1) is 0 Å². The highest BCUT2D eigenvalue weighted by atomic mass is 32.1. The van der Waals surface area contributed by atoms with Gasteiger partial charge >= 0.3 is 0 Å². The largest absolute Gasteiger partial charge is 0.496 e. The molecule has 1 saturated carbocycles. The van der Waals surface area contributed by atoms with E-state index in [1.165, 1.54) is 25.7 Å². The molecule has 0 unspecified atom stereocenters. The van der Waals surface area contributed by atoms with E-state index in [0.29, 0.717) is 17.5 Å². The maximum atomic E-state index is 5.52. The number of ether oxygens (including phenoxy) is 3. The zero-order valence-corrected chi connectivity index (χ0v) is 15.2. The molecule has 24 heavy (non-hydrogen) atoms. The average Bonchev–Trinajstić information content (AvgIpc) is 3.30. The molecule has 1 fully saturated rings. The monoisotopic (exact) mass is 348 g/mol. The molecule has 1 N–H and O–H groups in total. The smallest absolute Gasteiger partial charge is 0.164 e. The van der Waals surface area contributed by atoms with Crippen molar-refractivity contribution in [1.29, 1.82) is 0 Å². The van der Waals surface area contributed by atoms with Crippen molar-refractivity contribution >= 4 is 11.3 Å². The molecule has 0 saturated heterocycles. The predicted octanol–water partition coefficient (Wildman–Crippen LogP) is 3.87. The quantitative estimate of drug-likeness (QED) is 0.823. The Morgan fingerprint density at radius 3 is 2.38 bits per heavy atom. The Morgan fingerprint density at radius 1 is 1.04 bits per heavy atom. The van der Waals surface area contributed by atoms with Crippen LogP contribution in [0.2, 0.25) is 0 Å². The summed E-state index contributed by atoms with van der Waals surface area (Å²) >= 11 is 1.68. The van der Waals surface area contributed by atoms with E-state index in [9.17, 15) is 0 Å². The molecular formula is C18H24N2O3S. The van der Waals surface area contributed by atoms with Crippen molar-refractivity contribution in [2.45, 2.75) is 38.3 Å². The highest BCUT2D eigenvalue weighted by Gasteiger charge is 2.17. The minimum atomic E-state index is 0.646. The molecule has 6 heteroatoms. The fourth-order valence-electron chi connectivity index (χ4n) is 3.10. The second-order valence-corrected chi connectivity index (χ2v) is 7.00. The minimum absolute atomic E-state index is 0.646. The van der Waals surface area contributed by atoms with Crippen LogP contribution in [0.1, 0.15) is 30.7 Å². The fraction of sp³-hybridized carbons (Fsp3) is 0.500. The van der Waals surface area contributed by atoms with Crippen molar-refractivity contribution in [3.63, 3.8) is 0 Å². The van der Waals surface area contributed by atoms with Crippen LogP contribution < -0.4 is 19.5 Å². The summed E-state index contributed by atoms with van der Waals surface area (Å²) in [7, 11) is 4.92. The summed E-state index contributed by atoms with van der Waals surface area (Å²) in [6, 6.07) is 4.44. The Hall–Kier alpha value is -1.79. The SMILES string of the molecule is COc1cc(OC)c(-c2cnc(CNC3CCCC3)s2)cc1OC. The van der Waals surface area contributed by atoms with Crippen molar-refractivity contribution in [3.05, 3.63) is 23.3 Å². The van der Waals surface area contributed by atoms with Crippen molar-refractivity contribution in [2.75, 3.05) is 21.3 Å². The molecule has 1 aliphatic carbocycles. The molecule has 1 heterocycles. The van der Waals surface area contributed by atoms with Crippen LogP contribution >= 0.6 is 11.3 Å². The maximum Gasteiger partial charge on any atom is 0.164 e. The van der Waals surface area contributed by atoms with Crippen molar-refractivity contribution in [3.8, 4) is 27.7 Å². The van der Waals surface area contributed by atoms with Crippen molar-refractivity contribution in [2.24, 2.45) is 0 Å². The van der Waals surface area contributed by atoms with Crippen LogP contribution in [0.4, 0.5) is 0 Å². The van der Waals surface area contributed by atoms with Crippen LogP contribution in [0.15, 0.2) is 18.3 Å². The maximum absolute atomic E-state index is 5.52. The molecule has 0 atom stereocenters. The van der Waals surface area contributed by atoms with Gasteiger partial charge < -0.3 is 19.5 Å². The van der Waals surface area contributed by atoms with E-state index < -0.39 is 0 Å². The average molecular weight is 348 g/mol. The molecule has 0 aliphatic heterocycles. The molecule has 0 bridgehead atoms. The van der Waals surface area contributed by atoms with Crippen LogP contribution in [0.3, 0.4) is 0 Å². The van der Waals surface area contributed by atoms with Gasteiger partial charge in [0, 0.05) is 30.4 Å². The lowest BCUT2D eigenvalue weighted by atomic mass is 10.1. The predicted molar refractivity (Wildman–Crippen MR) is 96.3 cm³/mol. The molecular weight excluding hydrogens is 324 g/mol. The van der Waals surface area contributed by atoms with Gasteiger partial charge in [-0.1, -0.05) is 12.8 Å². The first-order valence-corrected chi connectivity index (χ1v) is 9.05. The number of benzene rings is 1. The van der Waals surface area contributed by atoms with Crippen molar-refractivity contribution in [1.82, 2.24) is 10.3 Å². The van der Waals surface area contributed by atoms with E-state index in [4.69, 9.17) is 14.2 Å². The Bertz CT molecular complexity index is 681. The number of hydrogen-bond donors (Lipinski definition) is 1. The van der Waals surface area contributed by atoms with Gasteiger partial charge in [-0.3, -0.25) is 0 Å². The highest BCUT2D eigenvalue weighted by Crippen LogP contribution is 2.41. The number of rotatable bonds is 7. The van der Waals surface area contributed by atoms with E-state index in [-0.39, 0.29) is 0 Å². The van der Waals surface area contributed by atoms with Gasteiger partial charge in [-0.25, -0.2) is 4.98 Å².